The van der Waals surface area contributed by atoms with Crippen molar-refractivity contribution in [3.63, 3.8) is 0 Å². The van der Waals surface area contributed by atoms with Gasteiger partial charge in [0.2, 0.25) is 5.91 Å². The minimum absolute atomic E-state index is 0.100. The molecule has 29 heavy (non-hydrogen) atoms. The van der Waals surface area contributed by atoms with E-state index < -0.39 is 20.5 Å². The zero-order valence-corrected chi connectivity index (χ0v) is 18.4. The average molecular weight is 473 g/mol. The van der Waals surface area contributed by atoms with E-state index in [0.29, 0.717) is 5.69 Å². The zero-order chi connectivity index (χ0) is 21.1. The van der Waals surface area contributed by atoms with Gasteiger partial charge in [-0.3, -0.25) is 4.79 Å². The lowest BCUT2D eigenvalue weighted by molar-refractivity contribution is -0.117. The quantitative estimate of drug-likeness (QED) is 0.504. The van der Waals surface area contributed by atoms with Crippen LogP contribution >= 0.6 is 15.9 Å². The Kier molecular flexibility index (Phi) is 6.10. The molecule has 3 aromatic carbocycles. The van der Waals surface area contributed by atoms with E-state index in [0.717, 1.165) is 15.8 Å². The SMILES string of the molecule is CC(C)(C(=O)Nc1ccc(Nc2ccccc2)cc1)S(=O)(=O)c1ccc(Br)cc1. The van der Waals surface area contributed by atoms with Crippen LogP contribution in [0.3, 0.4) is 0 Å². The van der Waals surface area contributed by atoms with Gasteiger partial charge >= 0.3 is 0 Å². The summed E-state index contributed by atoms with van der Waals surface area (Å²) >= 11 is 3.28. The molecule has 2 N–H and O–H groups in total. The van der Waals surface area contributed by atoms with Gasteiger partial charge in [0.25, 0.3) is 0 Å². The molecule has 0 bridgehead atoms. The van der Waals surface area contributed by atoms with Crippen LogP contribution in [0.1, 0.15) is 13.8 Å². The van der Waals surface area contributed by atoms with Crippen molar-refractivity contribution in [1.82, 2.24) is 0 Å². The molecule has 0 saturated carbocycles. The normalized spacial score (nSPS) is 11.7. The Morgan fingerprint density at radius 2 is 1.31 bits per heavy atom. The van der Waals surface area contributed by atoms with E-state index in [1.807, 2.05) is 42.5 Å². The molecule has 0 heterocycles. The van der Waals surface area contributed by atoms with Crippen molar-refractivity contribution in [3.8, 4) is 0 Å². The van der Waals surface area contributed by atoms with Crippen molar-refractivity contribution < 1.29 is 13.2 Å². The van der Waals surface area contributed by atoms with Crippen molar-refractivity contribution in [2.24, 2.45) is 0 Å². The molecule has 0 unspecified atom stereocenters. The molecule has 5 nitrogen and oxygen atoms in total. The number of hydrogen-bond donors (Lipinski definition) is 2. The van der Waals surface area contributed by atoms with E-state index in [1.165, 1.54) is 26.0 Å². The lowest BCUT2D eigenvalue weighted by atomic mass is 10.2. The largest absolute Gasteiger partial charge is 0.356 e. The van der Waals surface area contributed by atoms with Crippen LogP contribution in [0, 0.1) is 0 Å². The second-order valence-corrected chi connectivity index (χ2v) is 10.4. The van der Waals surface area contributed by atoms with Crippen LogP contribution in [0.2, 0.25) is 0 Å². The van der Waals surface area contributed by atoms with Gasteiger partial charge in [0, 0.05) is 21.5 Å². The molecule has 0 aliphatic heterocycles. The molecule has 0 fully saturated rings. The lowest BCUT2D eigenvalue weighted by Gasteiger charge is -2.24. The number of amides is 1. The summed E-state index contributed by atoms with van der Waals surface area (Å²) < 4.78 is 25.1. The van der Waals surface area contributed by atoms with E-state index in [1.54, 1.807) is 24.3 Å². The summed E-state index contributed by atoms with van der Waals surface area (Å²) in [5, 5.41) is 5.96. The summed E-state index contributed by atoms with van der Waals surface area (Å²) in [6, 6.07) is 23.0. The van der Waals surface area contributed by atoms with Crippen LogP contribution in [0.4, 0.5) is 17.1 Å². The smallest absolute Gasteiger partial charge is 0.245 e. The van der Waals surface area contributed by atoms with Gasteiger partial charge < -0.3 is 10.6 Å². The molecule has 0 radical (unpaired) electrons. The fourth-order valence-electron chi connectivity index (χ4n) is 2.64. The third kappa shape index (κ3) is 4.68. The van der Waals surface area contributed by atoms with Crippen LogP contribution in [-0.4, -0.2) is 19.1 Å². The summed E-state index contributed by atoms with van der Waals surface area (Å²) in [5.74, 6) is -0.593. The zero-order valence-electron chi connectivity index (χ0n) is 16.0. The van der Waals surface area contributed by atoms with Crippen molar-refractivity contribution in [2.45, 2.75) is 23.5 Å². The number of carbonyl (C=O) groups excluding carboxylic acids is 1. The maximum absolute atomic E-state index is 13.0. The average Bonchev–Trinajstić information content (AvgIpc) is 2.70. The predicted octanol–water partition coefficient (Wildman–Crippen LogP) is 5.38. The third-order valence-corrected chi connectivity index (χ3v) is 7.50. The predicted molar refractivity (Wildman–Crippen MR) is 120 cm³/mol. The highest BCUT2D eigenvalue weighted by atomic mass is 79.9. The number of halogens is 1. The van der Waals surface area contributed by atoms with Gasteiger partial charge in [0.1, 0.15) is 4.75 Å². The molecule has 150 valence electrons. The van der Waals surface area contributed by atoms with Crippen molar-refractivity contribution in [2.75, 3.05) is 10.6 Å². The second kappa shape index (κ2) is 8.39. The van der Waals surface area contributed by atoms with Crippen LogP contribution in [0.5, 0.6) is 0 Å². The Labute approximate surface area is 179 Å². The van der Waals surface area contributed by atoms with Gasteiger partial charge in [0.05, 0.1) is 4.90 Å². The summed E-state index contributed by atoms with van der Waals surface area (Å²) in [7, 11) is -3.87. The van der Waals surface area contributed by atoms with E-state index in [2.05, 4.69) is 26.6 Å². The topological polar surface area (TPSA) is 75.3 Å². The van der Waals surface area contributed by atoms with Gasteiger partial charge in [-0.05, 0) is 74.5 Å². The van der Waals surface area contributed by atoms with E-state index in [9.17, 15) is 13.2 Å². The van der Waals surface area contributed by atoms with Gasteiger partial charge in [-0.1, -0.05) is 34.1 Å². The number of benzene rings is 3. The number of nitrogens with one attached hydrogen (secondary N) is 2. The fraction of sp³-hybridized carbons (Fsp3) is 0.136. The first-order valence-corrected chi connectivity index (χ1v) is 11.2. The molecular weight excluding hydrogens is 452 g/mol. The first-order valence-electron chi connectivity index (χ1n) is 8.94. The Morgan fingerprint density at radius 3 is 1.90 bits per heavy atom. The first kappa shape index (κ1) is 21.1. The van der Waals surface area contributed by atoms with Crippen molar-refractivity contribution in [1.29, 1.82) is 0 Å². The Hall–Kier alpha value is -2.64. The van der Waals surface area contributed by atoms with Crippen LogP contribution in [0.25, 0.3) is 0 Å². The molecule has 0 aliphatic rings. The molecule has 0 aromatic heterocycles. The number of rotatable bonds is 6. The standard InChI is InChI=1S/C22H21BrN2O3S/c1-22(2,29(27,28)20-14-8-16(23)9-15-20)21(26)25-19-12-10-18(11-13-19)24-17-6-4-3-5-7-17/h3-15,24H,1-2H3,(H,25,26). The van der Waals surface area contributed by atoms with E-state index in [-0.39, 0.29) is 4.90 Å². The van der Waals surface area contributed by atoms with Crippen LogP contribution in [-0.2, 0) is 14.6 Å². The molecular formula is C22H21BrN2O3S. The molecule has 0 atom stereocenters. The summed E-state index contributed by atoms with van der Waals surface area (Å²) in [6.07, 6.45) is 0. The maximum Gasteiger partial charge on any atom is 0.245 e. The maximum atomic E-state index is 13.0. The van der Waals surface area contributed by atoms with Gasteiger partial charge in [-0.25, -0.2) is 8.42 Å². The highest BCUT2D eigenvalue weighted by molar-refractivity contribution is 9.10. The Bertz CT molecular complexity index is 1100. The minimum atomic E-state index is -3.87. The number of anilines is 3. The first-order chi connectivity index (χ1) is 13.7. The highest BCUT2D eigenvalue weighted by Crippen LogP contribution is 2.28. The summed E-state index contributed by atoms with van der Waals surface area (Å²) in [6.45, 7) is 2.82. The lowest BCUT2D eigenvalue weighted by Crippen LogP contribution is -2.44. The highest BCUT2D eigenvalue weighted by Gasteiger charge is 2.42. The second-order valence-electron chi connectivity index (χ2n) is 6.99. The van der Waals surface area contributed by atoms with E-state index >= 15 is 0 Å². The number of para-hydroxylation sites is 1. The molecule has 1 amide bonds. The van der Waals surface area contributed by atoms with Crippen LogP contribution < -0.4 is 10.6 Å². The van der Waals surface area contributed by atoms with Crippen LogP contribution in [0.15, 0.2) is 88.2 Å². The Balaban J connectivity index is 1.73. The fourth-order valence-corrected chi connectivity index (χ4v) is 4.28. The Morgan fingerprint density at radius 1 is 0.793 bits per heavy atom. The summed E-state index contributed by atoms with van der Waals surface area (Å²) in [5.41, 5.74) is 2.33. The molecule has 7 heteroatoms. The number of carbonyl (C=O) groups is 1. The van der Waals surface area contributed by atoms with Gasteiger partial charge in [-0.2, -0.15) is 0 Å². The van der Waals surface area contributed by atoms with Gasteiger partial charge in [-0.15, -0.1) is 0 Å². The van der Waals surface area contributed by atoms with Crippen molar-refractivity contribution >= 4 is 48.7 Å². The number of sulfone groups is 1. The molecule has 0 saturated heterocycles. The molecule has 3 aromatic rings. The van der Waals surface area contributed by atoms with Crippen molar-refractivity contribution in [3.05, 3.63) is 83.3 Å². The molecule has 0 aliphatic carbocycles. The van der Waals surface area contributed by atoms with E-state index in [4.69, 9.17) is 0 Å². The molecule has 3 rings (SSSR count). The minimum Gasteiger partial charge on any atom is -0.356 e. The number of hydrogen-bond acceptors (Lipinski definition) is 4. The monoisotopic (exact) mass is 472 g/mol. The third-order valence-electron chi connectivity index (χ3n) is 4.55. The van der Waals surface area contributed by atoms with Gasteiger partial charge in [0.15, 0.2) is 9.84 Å². The molecule has 0 spiro atoms. The summed E-state index contributed by atoms with van der Waals surface area (Å²) in [4.78, 5) is 12.9.